The highest BCUT2D eigenvalue weighted by Crippen LogP contribution is 2.31. The molecule has 0 fully saturated rings. The molecule has 4 heteroatoms. The third-order valence-corrected chi connectivity index (χ3v) is 5.34. The van der Waals surface area contributed by atoms with Crippen LogP contribution in [0.1, 0.15) is 28.8 Å². The molecule has 0 bridgehead atoms. The molecule has 0 radical (unpaired) electrons. The topological polar surface area (TPSA) is 42.7 Å². The molecule has 0 saturated carbocycles. The number of fused-ring (bicyclic) bond motifs is 3. The molecular weight excluding hydrogens is 324 g/mol. The van der Waals surface area contributed by atoms with E-state index in [2.05, 4.69) is 52.3 Å². The molecule has 134 valence electrons. The van der Waals surface area contributed by atoms with Crippen LogP contribution in [0.3, 0.4) is 0 Å². The molecule has 1 N–H and O–H groups in total. The first-order valence-electron chi connectivity index (χ1n) is 9.20. The van der Waals surface area contributed by atoms with Gasteiger partial charge in [-0.05, 0) is 41.7 Å². The maximum Gasteiger partial charge on any atom is 0.310 e. The highest BCUT2D eigenvalue weighted by molar-refractivity contribution is 5.78. The molecule has 0 spiro atoms. The van der Waals surface area contributed by atoms with E-state index >= 15 is 0 Å². The number of carbonyl (C=O) groups excluding carboxylic acids is 1. The van der Waals surface area contributed by atoms with Gasteiger partial charge in [0, 0.05) is 36.4 Å². The minimum atomic E-state index is -0.173. The van der Waals surface area contributed by atoms with Crippen molar-refractivity contribution in [1.82, 2.24) is 9.72 Å². The minimum Gasteiger partial charge on any atom is -0.469 e. The van der Waals surface area contributed by atoms with E-state index in [1.165, 1.54) is 23.9 Å². The number of aromatic nitrogens is 1. The molecule has 1 aromatic carbocycles. The Morgan fingerprint density at radius 2 is 2.00 bits per heavy atom. The van der Waals surface area contributed by atoms with Gasteiger partial charge in [-0.3, -0.25) is 4.79 Å². The van der Waals surface area contributed by atoms with Gasteiger partial charge in [-0.1, -0.05) is 36.4 Å². The van der Waals surface area contributed by atoms with Crippen LogP contribution in [0, 0.1) is 0 Å². The Bertz CT molecular complexity index is 915. The number of rotatable bonds is 5. The average Bonchev–Trinajstić information content (AvgIpc) is 3.00. The minimum absolute atomic E-state index is 0.173. The van der Waals surface area contributed by atoms with Crippen molar-refractivity contribution < 1.29 is 9.53 Å². The van der Waals surface area contributed by atoms with E-state index in [0.717, 1.165) is 36.9 Å². The third-order valence-electron chi connectivity index (χ3n) is 5.34. The molecule has 1 atom stereocenters. The molecule has 0 aliphatic heterocycles. The van der Waals surface area contributed by atoms with Crippen LogP contribution in [-0.4, -0.2) is 23.5 Å². The van der Waals surface area contributed by atoms with Crippen LogP contribution in [0.2, 0.25) is 0 Å². The van der Waals surface area contributed by atoms with E-state index in [-0.39, 0.29) is 5.97 Å². The summed E-state index contributed by atoms with van der Waals surface area (Å²) in [6.45, 7) is 0.888. The lowest BCUT2D eigenvalue weighted by molar-refractivity contribution is -0.139. The lowest BCUT2D eigenvalue weighted by atomic mass is 9.90. The Balaban J connectivity index is 1.58. The first-order valence-corrected chi connectivity index (χ1v) is 9.20. The molecule has 1 aliphatic carbocycles. The summed E-state index contributed by atoms with van der Waals surface area (Å²) in [4.78, 5) is 11.9. The van der Waals surface area contributed by atoms with Crippen molar-refractivity contribution in [3.05, 3.63) is 77.1 Å². The number of methoxy groups -OCH3 is 1. The second-order valence-electron chi connectivity index (χ2n) is 6.92. The van der Waals surface area contributed by atoms with Crippen molar-refractivity contribution in [2.24, 2.45) is 0 Å². The van der Waals surface area contributed by atoms with Crippen molar-refractivity contribution in [3.63, 3.8) is 0 Å². The van der Waals surface area contributed by atoms with Crippen LogP contribution in [0.25, 0.3) is 5.52 Å². The molecule has 0 amide bonds. The number of pyridine rings is 1. The molecule has 2 heterocycles. The summed E-state index contributed by atoms with van der Waals surface area (Å²) in [5, 5.41) is 3.70. The number of esters is 1. The summed E-state index contributed by atoms with van der Waals surface area (Å²) in [5.41, 5.74) is 6.24. The average molecular weight is 348 g/mol. The van der Waals surface area contributed by atoms with Gasteiger partial charge in [0.1, 0.15) is 0 Å². The standard InChI is InChI=1S/C22H24N2O2/c1-26-22(25)14-19-18-11-10-17(23-15-16-7-3-2-4-8-16)13-21(18)24-12-6-5-9-20(19)24/h2-9,12,17,23H,10-11,13-15H2,1H3. The van der Waals surface area contributed by atoms with E-state index in [9.17, 15) is 4.79 Å². The fourth-order valence-electron chi connectivity index (χ4n) is 4.02. The normalized spacial score (nSPS) is 16.4. The maximum atomic E-state index is 11.9. The van der Waals surface area contributed by atoms with Gasteiger partial charge < -0.3 is 14.5 Å². The van der Waals surface area contributed by atoms with Gasteiger partial charge in [0.15, 0.2) is 0 Å². The zero-order valence-electron chi connectivity index (χ0n) is 15.1. The highest BCUT2D eigenvalue weighted by Gasteiger charge is 2.26. The van der Waals surface area contributed by atoms with Gasteiger partial charge in [0.05, 0.1) is 13.5 Å². The molecule has 26 heavy (non-hydrogen) atoms. The van der Waals surface area contributed by atoms with Gasteiger partial charge in [-0.25, -0.2) is 0 Å². The first kappa shape index (κ1) is 16.9. The van der Waals surface area contributed by atoms with Gasteiger partial charge >= 0.3 is 5.97 Å². The predicted octanol–water partition coefficient (Wildman–Crippen LogP) is 3.30. The molecular formula is C22H24N2O2. The molecule has 0 saturated heterocycles. The van der Waals surface area contributed by atoms with Gasteiger partial charge in [0.25, 0.3) is 0 Å². The summed E-state index contributed by atoms with van der Waals surface area (Å²) >= 11 is 0. The highest BCUT2D eigenvalue weighted by atomic mass is 16.5. The lowest BCUT2D eigenvalue weighted by Crippen LogP contribution is -2.34. The lowest BCUT2D eigenvalue weighted by Gasteiger charge is -2.24. The van der Waals surface area contributed by atoms with E-state index < -0.39 is 0 Å². The van der Waals surface area contributed by atoms with Crippen LogP contribution in [-0.2, 0) is 35.3 Å². The van der Waals surface area contributed by atoms with Crippen molar-refractivity contribution in [2.75, 3.05) is 7.11 Å². The Kier molecular flexibility index (Phi) is 4.76. The largest absolute Gasteiger partial charge is 0.469 e. The fraction of sp³-hybridized carbons (Fsp3) is 0.318. The summed E-state index contributed by atoms with van der Waals surface area (Å²) in [6.07, 6.45) is 5.52. The molecule has 4 nitrogen and oxygen atoms in total. The second-order valence-corrected chi connectivity index (χ2v) is 6.92. The van der Waals surface area contributed by atoms with Crippen LogP contribution >= 0.6 is 0 Å². The van der Waals surface area contributed by atoms with Crippen LogP contribution in [0.4, 0.5) is 0 Å². The Morgan fingerprint density at radius 3 is 2.81 bits per heavy atom. The smallest absolute Gasteiger partial charge is 0.310 e. The van der Waals surface area contributed by atoms with E-state index in [1.807, 2.05) is 12.1 Å². The molecule has 3 aromatic rings. The Hall–Kier alpha value is -2.59. The predicted molar refractivity (Wildman–Crippen MR) is 102 cm³/mol. The van der Waals surface area contributed by atoms with Crippen molar-refractivity contribution in [2.45, 2.75) is 38.3 Å². The molecule has 2 aromatic heterocycles. The summed E-state index contributed by atoms with van der Waals surface area (Å²) in [5.74, 6) is -0.173. The summed E-state index contributed by atoms with van der Waals surface area (Å²) in [6, 6.07) is 17.2. The van der Waals surface area contributed by atoms with Crippen molar-refractivity contribution >= 4 is 11.5 Å². The number of nitrogens with zero attached hydrogens (tertiary/aromatic N) is 1. The number of hydrogen-bond donors (Lipinski definition) is 1. The SMILES string of the molecule is COC(=O)Cc1c2c(n3ccccc13)CC(NCc1ccccc1)CC2. The first-order chi connectivity index (χ1) is 12.8. The monoisotopic (exact) mass is 348 g/mol. The zero-order chi connectivity index (χ0) is 17.9. The van der Waals surface area contributed by atoms with Crippen LogP contribution in [0.5, 0.6) is 0 Å². The molecule has 1 aliphatic rings. The van der Waals surface area contributed by atoms with Crippen molar-refractivity contribution in [3.8, 4) is 0 Å². The quantitative estimate of drug-likeness (QED) is 0.720. The number of ether oxygens (including phenoxy) is 1. The number of hydrogen-bond acceptors (Lipinski definition) is 3. The van der Waals surface area contributed by atoms with E-state index in [0.29, 0.717) is 12.5 Å². The number of nitrogens with one attached hydrogen (secondary N) is 1. The summed E-state index contributed by atoms with van der Waals surface area (Å²) in [7, 11) is 1.45. The van der Waals surface area contributed by atoms with Crippen molar-refractivity contribution in [1.29, 1.82) is 0 Å². The Labute approximate surface area is 153 Å². The van der Waals surface area contributed by atoms with Crippen LogP contribution < -0.4 is 5.32 Å². The maximum absolute atomic E-state index is 11.9. The Morgan fingerprint density at radius 1 is 1.19 bits per heavy atom. The summed E-state index contributed by atoms with van der Waals surface area (Å²) < 4.78 is 7.17. The molecule has 4 rings (SSSR count). The number of benzene rings is 1. The fourth-order valence-corrected chi connectivity index (χ4v) is 4.02. The number of carbonyl (C=O) groups is 1. The third kappa shape index (κ3) is 3.25. The van der Waals surface area contributed by atoms with Gasteiger partial charge in [-0.2, -0.15) is 0 Å². The van der Waals surface area contributed by atoms with Gasteiger partial charge in [0.2, 0.25) is 0 Å². The second kappa shape index (κ2) is 7.34. The van der Waals surface area contributed by atoms with E-state index in [4.69, 9.17) is 4.74 Å². The van der Waals surface area contributed by atoms with Gasteiger partial charge in [-0.15, -0.1) is 0 Å². The molecule has 1 unspecified atom stereocenters. The van der Waals surface area contributed by atoms with E-state index in [1.54, 1.807) is 0 Å². The van der Waals surface area contributed by atoms with Crippen LogP contribution in [0.15, 0.2) is 54.7 Å². The zero-order valence-corrected chi connectivity index (χ0v) is 15.1.